The standard InChI is InChI=1S/C24H19F2NO4/c1-15-4-2-5-17(12-15)14-31-18-10-8-16(9-11-18)13-21(24(29)30)27-23(28)22-19(25)6-3-7-20(22)26/h2-13H,14H2,1H3,(H,27,28)(H,29,30)/b21-13-. The number of carboxylic acids is 1. The summed E-state index contributed by atoms with van der Waals surface area (Å²) in [4.78, 5) is 23.7. The number of halogens is 2. The molecule has 0 unspecified atom stereocenters. The third-order valence-electron chi connectivity index (χ3n) is 4.35. The van der Waals surface area contributed by atoms with Crippen LogP contribution in [-0.4, -0.2) is 17.0 Å². The molecule has 0 spiro atoms. The van der Waals surface area contributed by atoms with E-state index in [4.69, 9.17) is 4.74 Å². The first-order valence-electron chi connectivity index (χ1n) is 9.32. The van der Waals surface area contributed by atoms with Crippen LogP contribution in [0.3, 0.4) is 0 Å². The van der Waals surface area contributed by atoms with E-state index in [-0.39, 0.29) is 0 Å². The van der Waals surface area contributed by atoms with Crippen LogP contribution in [0.4, 0.5) is 8.78 Å². The van der Waals surface area contributed by atoms with Crippen molar-refractivity contribution in [1.29, 1.82) is 0 Å². The Morgan fingerprint density at radius 2 is 1.65 bits per heavy atom. The van der Waals surface area contributed by atoms with Crippen molar-refractivity contribution in [3.63, 3.8) is 0 Å². The normalized spacial score (nSPS) is 11.1. The number of rotatable bonds is 7. The predicted molar refractivity (Wildman–Crippen MR) is 111 cm³/mol. The summed E-state index contributed by atoms with van der Waals surface area (Å²) in [6.45, 7) is 2.37. The van der Waals surface area contributed by atoms with Crippen molar-refractivity contribution in [3.05, 3.63) is 106 Å². The lowest BCUT2D eigenvalue weighted by Gasteiger charge is -2.09. The fourth-order valence-corrected chi connectivity index (χ4v) is 2.85. The zero-order valence-electron chi connectivity index (χ0n) is 16.6. The van der Waals surface area contributed by atoms with Gasteiger partial charge in [-0.25, -0.2) is 13.6 Å². The van der Waals surface area contributed by atoms with E-state index in [9.17, 15) is 23.5 Å². The van der Waals surface area contributed by atoms with Crippen molar-refractivity contribution in [3.8, 4) is 5.75 Å². The number of carbonyl (C=O) groups is 2. The minimum Gasteiger partial charge on any atom is -0.489 e. The molecule has 0 atom stereocenters. The molecular formula is C24H19F2NO4. The van der Waals surface area contributed by atoms with E-state index < -0.39 is 34.8 Å². The number of carbonyl (C=O) groups excluding carboxylic acids is 1. The van der Waals surface area contributed by atoms with Gasteiger partial charge < -0.3 is 15.2 Å². The highest BCUT2D eigenvalue weighted by Crippen LogP contribution is 2.17. The number of hydrogen-bond acceptors (Lipinski definition) is 3. The van der Waals surface area contributed by atoms with Crippen LogP contribution in [0.2, 0.25) is 0 Å². The van der Waals surface area contributed by atoms with E-state index in [1.165, 1.54) is 6.08 Å². The third kappa shape index (κ3) is 5.76. The fourth-order valence-electron chi connectivity index (χ4n) is 2.85. The molecule has 5 nitrogen and oxygen atoms in total. The minimum absolute atomic E-state index is 0.376. The highest BCUT2D eigenvalue weighted by Gasteiger charge is 2.20. The number of hydrogen-bond donors (Lipinski definition) is 2. The highest BCUT2D eigenvalue weighted by molar-refractivity contribution is 6.03. The Morgan fingerprint density at radius 1 is 1.00 bits per heavy atom. The topological polar surface area (TPSA) is 75.6 Å². The average Bonchev–Trinajstić information content (AvgIpc) is 2.72. The molecule has 0 fully saturated rings. The van der Waals surface area contributed by atoms with Crippen molar-refractivity contribution in [1.82, 2.24) is 5.32 Å². The lowest BCUT2D eigenvalue weighted by atomic mass is 10.1. The molecule has 0 radical (unpaired) electrons. The minimum atomic E-state index is -1.45. The number of aliphatic carboxylic acids is 1. The number of benzene rings is 3. The Kier molecular flexibility index (Phi) is 6.77. The van der Waals surface area contributed by atoms with E-state index >= 15 is 0 Å². The summed E-state index contributed by atoms with van der Waals surface area (Å²) in [5, 5.41) is 11.4. The quantitative estimate of drug-likeness (QED) is 0.540. The van der Waals surface area contributed by atoms with Crippen LogP contribution in [0, 0.1) is 18.6 Å². The second kappa shape index (κ2) is 9.67. The average molecular weight is 423 g/mol. The molecule has 0 bridgehead atoms. The first-order valence-corrected chi connectivity index (χ1v) is 9.32. The molecule has 3 aromatic carbocycles. The Balaban J connectivity index is 1.71. The van der Waals surface area contributed by atoms with E-state index in [2.05, 4.69) is 0 Å². The summed E-state index contributed by atoms with van der Waals surface area (Å²) in [6, 6.07) is 17.3. The van der Waals surface area contributed by atoms with Crippen molar-refractivity contribution in [2.24, 2.45) is 0 Å². The lowest BCUT2D eigenvalue weighted by molar-refractivity contribution is -0.132. The SMILES string of the molecule is Cc1cccc(COc2ccc(/C=C(\NC(=O)c3c(F)cccc3F)C(=O)O)cc2)c1. The van der Waals surface area contributed by atoms with Gasteiger partial charge in [-0.05, 0) is 48.4 Å². The molecule has 3 rings (SSSR count). The largest absolute Gasteiger partial charge is 0.489 e. The van der Waals surface area contributed by atoms with Gasteiger partial charge in [0.05, 0.1) is 0 Å². The molecule has 0 saturated carbocycles. The van der Waals surface area contributed by atoms with Gasteiger partial charge in [-0.3, -0.25) is 4.79 Å². The number of carboxylic acid groups (broad SMARTS) is 1. The summed E-state index contributed by atoms with van der Waals surface area (Å²) in [7, 11) is 0. The second-order valence-corrected chi connectivity index (χ2v) is 6.76. The van der Waals surface area contributed by atoms with Gasteiger partial charge in [0.1, 0.15) is 35.3 Å². The van der Waals surface area contributed by atoms with Crippen molar-refractivity contribution in [2.75, 3.05) is 0 Å². The molecule has 158 valence electrons. The molecule has 0 aliphatic heterocycles. The number of amides is 1. The molecule has 0 aliphatic carbocycles. The lowest BCUT2D eigenvalue weighted by Crippen LogP contribution is -2.28. The van der Waals surface area contributed by atoms with Crippen LogP contribution >= 0.6 is 0 Å². The maximum absolute atomic E-state index is 13.8. The summed E-state index contributed by atoms with van der Waals surface area (Å²) < 4.78 is 33.2. The summed E-state index contributed by atoms with van der Waals surface area (Å²) in [5.41, 5.74) is 1.21. The Morgan fingerprint density at radius 3 is 2.26 bits per heavy atom. The van der Waals surface area contributed by atoms with Gasteiger partial charge >= 0.3 is 5.97 Å². The maximum Gasteiger partial charge on any atom is 0.352 e. The first kappa shape index (κ1) is 21.7. The van der Waals surface area contributed by atoms with Crippen LogP contribution in [-0.2, 0) is 11.4 Å². The van der Waals surface area contributed by atoms with Crippen molar-refractivity contribution < 1.29 is 28.2 Å². The second-order valence-electron chi connectivity index (χ2n) is 6.76. The van der Waals surface area contributed by atoms with Crippen LogP contribution in [0.25, 0.3) is 6.08 Å². The fraction of sp³-hybridized carbons (Fsp3) is 0.0833. The predicted octanol–water partition coefficient (Wildman–Crippen LogP) is 4.71. The molecule has 0 aromatic heterocycles. The summed E-state index contributed by atoms with van der Waals surface area (Å²) in [6.07, 6.45) is 1.18. The molecular weight excluding hydrogens is 404 g/mol. The van der Waals surface area contributed by atoms with Crippen molar-refractivity contribution >= 4 is 18.0 Å². The molecule has 31 heavy (non-hydrogen) atoms. The molecule has 1 amide bonds. The first-order chi connectivity index (χ1) is 14.8. The Hall–Kier alpha value is -4.00. The summed E-state index contributed by atoms with van der Waals surface area (Å²) >= 11 is 0. The summed E-state index contributed by atoms with van der Waals surface area (Å²) in [5.74, 6) is -4.24. The monoisotopic (exact) mass is 423 g/mol. The van der Waals surface area contributed by atoms with Gasteiger partial charge in [0.25, 0.3) is 5.91 Å². The Bertz CT molecular complexity index is 1120. The van der Waals surface area contributed by atoms with Gasteiger partial charge in [-0.1, -0.05) is 48.0 Å². The maximum atomic E-state index is 13.8. The van der Waals surface area contributed by atoms with E-state index in [1.54, 1.807) is 24.3 Å². The molecule has 0 heterocycles. The molecule has 3 aromatic rings. The van der Waals surface area contributed by atoms with Gasteiger partial charge in [-0.2, -0.15) is 0 Å². The van der Waals surface area contributed by atoms with E-state index in [1.807, 2.05) is 36.5 Å². The molecule has 2 N–H and O–H groups in total. The van der Waals surface area contributed by atoms with Crippen molar-refractivity contribution in [2.45, 2.75) is 13.5 Å². The zero-order chi connectivity index (χ0) is 22.4. The smallest absolute Gasteiger partial charge is 0.352 e. The third-order valence-corrected chi connectivity index (χ3v) is 4.35. The molecule has 0 aliphatic rings. The number of ether oxygens (including phenoxy) is 1. The number of aryl methyl sites for hydroxylation is 1. The van der Waals surface area contributed by atoms with Crippen LogP contribution in [0.15, 0.2) is 72.4 Å². The van der Waals surface area contributed by atoms with Crippen LogP contribution in [0.5, 0.6) is 5.75 Å². The van der Waals surface area contributed by atoms with Crippen LogP contribution < -0.4 is 10.1 Å². The zero-order valence-corrected chi connectivity index (χ0v) is 16.6. The Labute approximate surface area is 177 Å². The van der Waals surface area contributed by atoms with Crippen LogP contribution in [0.1, 0.15) is 27.0 Å². The van der Waals surface area contributed by atoms with E-state index in [0.717, 1.165) is 29.3 Å². The van der Waals surface area contributed by atoms with Gasteiger partial charge in [0, 0.05) is 0 Å². The van der Waals surface area contributed by atoms with Gasteiger partial charge in [0.2, 0.25) is 0 Å². The van der Waals surface area contributed by atoms with E-state index in [0.29, 0.717) is 17.9 Å². The number of nitrogens with one attached hydrogen (secondary N) is 1. The molecule has 0 saturated heterocycles. The van der Waals surface area contributed by atoms with Gasteiger partial charge in [0.15, 0.2) is 0 Å². The van der Waals surface area contributed by atoms with Gasteiger partial charge in [-0.15, -0.1) is 0 Å². The molecule has 7 heteroatoms. The highest BCUT2D eigenvalue weighted by atomic mass is 19.1.